The third kappa shape index (κ3) is 8.24. The minimum Gasteiger partial charge on any atom is -0.493 e. The molecule has 284 valence electrons. The fourth-order valence-corrected chi connectivity index (χ4v) is 6.05. The minimum absolute atomic E-state index is 0.0618. The van der Waals surface area contributed by atoms with Crippen LogP contribution >= 0.6 is 0 Å². The van der Waals surface area contributed by atoms with Crippen molar-refractivity contribution < 1.29 is 42.7 Å². The molecule has 2 aliphatic heterocycles. The second-order valence-corrected chi connectivity index (χ2v) is 12.1. The Balaban J connectivity index is 0.865. The number of nitrogen functional groups attached to an aromatic ring is 2. The van der Waals surface area contributed by atoms with E-state index in [2.05, 4.69) is 19.9 Å². The molecule has 4 heterocycles. The van der Waals surface area contributed by atoms with E-state index in [-0.39, 0.29) is 26.4 Å². The molecular weight excluding hydrogens is 692 g/mol. The summed E-state index contributed by atoms with van der Waals surface area (Å²) in [5.41, 5.74) is 13.7. The average molecular weight is 737 g/mol. The number of methoxy groups -OCH3 is 4. The van der Waals surface area contributed by atoms with Gasteiger partial charge in [-0.1, -0.05) is 0 Å². The van der Waals surface area contributed by atoms with E-state index >= 15 is 0 Å². The second-order valence-electron chi connectivity index (χ2n) is 12.1. The molecule has 0 saturated carbocycles. The van der Waals surface area contributed by atoms with Gasteiger partial charge in [0, 0.05) is 75.3 Å². The summed E-state index contributed by atoms with van der Waals surface area (Å²) in [6.07, 6.45) is -0.877. The van der Waals surface area contributed by atoms with Crippen LogP contribution in [0.15, 0.2) is 24.3 Å². The highest BCUT2D eigenvalue weighted by molar-refractivity contribution is 5.92. The number of ether oxygens (including phenoxy) is 7. The van der Waals surface area contributed by atoms with Crippen LogP contribution in [0.1, 0.15) is 0 Å². The fourth-order valence-electron chi connectivity index (χ4n) is 6.05. The lowest BCUT2D eigenvalue weighted by atomic mass is 10.2. The van der Waals surface area contributed by atoms with Gasteiger partial charge in [0.1, 0.15) is 24.8 Å². The number of nitrogens with two attached hydrogens (primary N) is 2. The first kappa shape index (κ1) is 36.8. The number of hydrogen-bond donors (Lipinski definition) is 2. The number of anilines is 4. The topological polar surface area (TPSA) is 215 Å². The highest BCUT2D eigenvalue weighted by atomic mass is 16.6. The van der Waals surface area contributed by atoms with E-state index in [1.165, 1.54) is 0 Å². The van der Waals surface area contributed by atoms with Crippen LogP contribution in [0.25, 0.3) is 21.8 Å². The Labute approximate surface area is 305 Å². The number of amides is 2. The Morgan fingerprint density at radius 2 is 0.906 bits per heavy atom. The molecular formula is C34H44N10O9. The summed E-state index contributed by atoms with van der Waals surface area (Å²) in [5, 5.41) is 1.32. The number of fused-ring (bicyclic) bond motifs is 2. The third-order valence-corrected chi connectivity index (χ3v) is 8.99. The van der Waals surface area contributed by atoms with Gasteiger partial charge in [0.2, 0.25) is 11.9 Å². The zero-order valence-electron chi connectivity index (χ0n) is 30.2. The largest absolute Gasteiger partial charge is 0.493 e. The van der Waals surface area contributed by atoms with Crippen LogP contribution in [-0.2, 0) is 14.2 Å². The normalized spacial score (nSPS) is 14.7. The first-order valence-electron chi connectivity index (χ1n) is 17.0. The van der Waals surface area contributed by atoms with Crippen LogP contribution in [0.2, 0.25) is 0 Å². The summed E-state index contributed by atoms with van der Waals surface area (Å²) in [7, 11) is 6.22. The molecule has 53 heavy (non-hydrogen) atoms. The van der Waals surface area contributed by atoms with E-state index in [0.29, 0.717) is 121 Å². The molecule has 0 aliphatic carbocycles. The Bertz CT molecular complexity index is 1800. The molecule has 19 heteroatoms. The molecule has 0 bridgehead atoms. The average Bonchev–Trinajstić information content (AvgIpc) is 3.19. The summed E-state index contributed by atoms with van der Waals surface area (Å²) >= 11 is 0. The van der Waals surface area contributed by atoms with Crippen molar-refractivity contribution in [2.45, 2.75) is 0 Å². The van der Waals surface area contributed by atoms with Gasteiger partial charge >= 0.3 is 12.2 Å². The highest BCUT2D eigenvalue weighted by Crippen LogP contribution is 2.35. The summed E-state index contributed by atoms with van der Waals surface area (Å²) in [4.78, 5) is 50.7. The Morgan fingerprint density at radius 1 is 0.547 bits per heavy atom. The van der Waals surface area contributed by atoms with Gasteiger partial charge < -0.3 is 64.2 Å². The lowest BCUT2D eigenvalue weighted by molar-refractivity contribution is 0.0288. The number of hydrogen-bond acceptors (Lipinski definition) is 17. The van der Waals surface area contributed by atoms with Crippen molar-refractivity contribution in [1.82, 2.24) is 29.7 Å². The first-order valence-corrected chi connectivity index (χ1v) is 17.0. The van der Waals surface area contributed by atoms with Gasteiger partial charge in [-0.15, -0.1) is 0 Å². The molecule has 2 amide bonds. The van der Waals surface area contributed by atoms with E-state index in [9.17, 15) is 9.59 Å². The first-order chi connectivity index (χ1) is 25.7. The van der Waals surface area contributed by atoms with Crippen molar-refractivity contribution in [2.24, 2.45) is 0 Å². The van der Waals surface area contributed by atoms with Gasteiger partial charge in [0.15, 0.2) is 23.0 Å². The third-order valence-electron chi connectivity index (χ3n) is 8.99. The van der Waals surface area contributed by atoms with Crippen LogP contribution in [0, 0.1) is 0 Å². The van der Waals surface area contributed by atoms with Crippen LogP contribution in [0.4, 0.5) is 33.1 Å². The molecule has 2 saturated heterocycles. The Hall–Kier alpha value is -5.98. The summed E-state index contributed by atoms with van der Waals surface area (Å²) in [6.45, 7) is 4.14. The maximum atomic E-state index is 12.6. The monoisotopic (exact) mass is 736 g/mol. The highest BCUT2D eigenvalue weighted by Gasteiger charge is 2.26. The van der Waals surface area contributed by atoms with Crippen molar-refractivity contribution >= 4 is 57.5 Å². The molecule has 2 aromatic carbocycles. The predicted octanol–water partition coefficient (Wildman–Crippen LogP) is 2.01. The summed E-state index contributed by atoms with van der Waals surface area (Å²) < 4.78 is 37.8. The molecule has 6 rings (SSSR count). The van der Waals surface area contributed by atoms with Gasteiger partial charge in [-0.25, -0.2) is 19.6 Å². The molecule has 0 radical (unpaired) electrons. The van der Waals surface area contributed by atoms with Crippen molar-refractivity contribution in [1.29, 1.82) is 0 Å². The van der Waals surface area contributed by atoms with Crippen LogP contribution in [0.3, 0.4) is 0 Å². The maximum absolute atomic E-state index is 12.6. The summed E-state index contributed by atoms with van der Waals surface area (Å²) in [6, 6.07) is 7.02. The molecule has 4 aromatic rings. The van der Waals surface area contributed by atoms with Gasteiger partial charge in [-0.05, 0) is 12.1 Å². The van der Waals surface area contributed by atoms with Crippen LogP contribution in [-0.4, -0.2) is 149 Å². The quantitative estimate of drug-likeness (QED) is 0.199. The molecule has 0 spiro atoms. The van der Waals surface area contributed by atoms with Gasteiger partial charge in [-0.3, -0.25) is 0 Å². The molecule has 4 N–H and O–H groups in total. The summed E-state index contributed by atoms with van der Waals surface area (Å²) in [5.74, 6) is 3.74. The molecule has 2 aromatic heterocycles. The molecule has 2 aliphatic rings. The number of benzene rings is 2. The number of aromatic nitrogens is 4. The maximum Gasteiger partial charge on any atom is 0.409 e. The molecule has 0 atom stereocenters. The second kappa shape index (κ2) is 16.6. The number of rotatable bonds is 12. The smallest absolute Gasteiger partial charge is 0.409 e. The Morgan fingerprint density at radius 3 is 1.26 bits per heavy atom. The molecule has 2 fully saturated rings. The lowest BCUT2D eigenvalue weighted by Crippen LogP contribution is -2.49. The van der Waals surface area contributed by atoms with Crippen LogP contribution < -0.4 is 40.2 Å². The van der Waals surface area contributed by atoms with E-state index in [1.807, 2.05) is 9.80 Å². The Kier molecular flexibility index (Phi) is 11.5. The lowest BCUT2D eigenvalue weighted by Gasteiger charge is -2.34. The van der Waals surface area contributed by atoms with E-state index in [1.54, 1.807) is 62.5 Å². The number of carbonyl (C=O) groups is 2. The minimum atomic E-state index is -0.439. The number of piperazine rings is 2. The molecule has 0 unspecified atom stereocenters. The SMILES string of the molecule is COc1cc2nc(N3CCN(C(=O)OCCOCCOC(=O)N4CCN(c5nc(N)c6cc(OC)c(OC)cc6n5)CC4)CC3)nc(N)c2cc1OC. The zero-order chi connectivity index (χ0) is 37.5. The molecule has 19 nitrogen and oxygen atoms in total. The van der Waals surface area contributed by atoms with Crippen molar-refractivity contribution in [3.8, 4) is 23.0 Å². The van der Waals surface area contributed by atoms with E-state index in [4.69, 9.17) is 44.6 Å². The standard InChI is InChI=1S/C34H44N10O9/c1-47-25-17-21-23(19-27(25)49-3)37-31(39-29(21)35)41-5-9-43(10-6-41)33(45)52-15-13-51-14-16-53-34(46)44-11-7-42(8-12-44)32-38-24-20-28(50-4)26(48-2)18-22(24)30(36)40-32/h17-20H,5-16H2,1-4H3,(H2,35,37,39)(H2,36,38,40). The predicted molar refractivity (Wildman–Crippen MR) is 195 cm³/mol. The van der Waals surface area contributed by atoms with Gasteiger partial charge in [0.05, 0.1) is 52.7 Å². The van der Waals surface area contributed by atoms with E-state index in [0.717, 1.165) is 0 Å². The van der Waals surface area contributed by atoms with E-state index < -0.39 is 12.2 Å². The number of nitrogens with zero attached hydrogens (tertiary/aromatic N) is 8. The number of carbonyl (C=O) groups excluding carboxylic acids is 2. The fraction of sp³-hybridized carbons (Fsp3) is 0.471. The zero-order valence-corrected chi connectivity index (χ0v) is 30.2. The van der Waals surface area contributed by atoms with Gasteiger partial charge in [0.25, 0.3) is 0 Å². The van der Waals surface area contributed by atoms with Gasteiger partial charge in [-0.2, -0.15) is 9.97 Å². The van der Waals surface area contributed by atoms with Crippen molar-refractivity contribution in [3.05, 3.63) is 24.3 Å². The van der Waals surface area contributed by atoms with Crippen molar-refractivity contribution in [3.63, 3.8) is 0 Å². The van der Waals surface area contributed by atoms with Crippen LogP contribution in [0.5, 0.6) is 23.0 Å². The van der Waals surface area contributed by atoms with Crippen molar-refractivity contribution in [2.75, 3.05) is 128 Å².